The zero-order valence-corrected chi connectivity index (χ0v) is 13.9. The van der Waals surface area contributed by atoms with Crippen LogP contribution in [0.1, 0.15) is 45.4 Å². The molecule has 2 fully saturated rings. The van der Waals surface area contributed by atoms with Crippen LogP contribution < -0.4 is 0 Å². The third kappa shape index (κ3) is 3.52. The van der Waals surface area contributed by atoms with E-state index in [1.54, 1.807) is 14.2 Å². The molecule has 2 aliphatic rings. The number of fused-ring (bicyclic) bond motifs is 1. The van der Waals surface area contributed by atoms with Crippen molar-refractivity contribution in [3.63, 3.8) is 0 Å². The lowest BCUT2D eigenvalue weighted by Gasteiger charge is -2.25. The third-order valence-electron chi connectivity index (χ3n) is 4.72. The number of rotatable bonds is 7. The number of unbranched alkanes of at least 4 members (excludes halogenated alkanes) is 1. The van der Waals surface area contributed by atoms with E-state index in [1.807, 2.05) is 0 Å². The van der Waals surface area contributed by atoms with Gasteiger partial charge in [-0.2, -0.15) is 0 Å². The highest BCUT2D eigenvalue weighted by Gasteiger charge is 2.48. The van der Waals surface area contributed by atoms with Gasteiger partial charge >= 0.3 is 0 Å². The van der Waals surface area contributed by atoms with Crippen molar-refractivity contribution in [2.45, 2.75) is 68.8 Å². The molecule has 1 saturated carbocycles. The van der Waals surface area contributed by atoms with Crippen molar-refractivity contribution in [2.24, 2.45) is 11.8 Å². The highest BCUT2D eigenvalue weighted by molar-refractivity contribution is 9.09. The molecule has 2 rings (SSSR count). The largest absolute Gasteiger partial charge is 0.374 e. The van der Waals surface area contributed by atoms with Crippen LogP contribution in [0.2, 0.25) is 0 Å². The van der Waals surface area contributed by atoms with E-state index >= 15 is 0 Å². The maximum atomic E-state index is 6.26. The standard InChI is InChI=1S/C15H27BrO3/c1-4-5-6-12(16)14-9-11-10(15(17-2)18-3)7-8-13(11)19-14/h10-15H,4-9H2,1-3H3. The maximum Gasteiger partial charge on any atom is 0.159 e. The molecule has 1 saturated heterocycles. The first-order valence-corrected chi connectivity index (χ1v) is 8.47. The molecule has 1 aliphatic heterocycles. The normalized spacial score (nSPS) is 35.8. The minimum Gasteiger partial charge on any atom is -0.374 e. The van der Waals surface area contributed by atoms with Crippen LogP contribution in [-0.4, -0.2) is 37.5 Å². The number of alkyl halides is 1. The van der Waals surface area contributed by atoms with Crippen LogP contribution in [0.5, 0.6) is 0 Å². The molecular weight excluding hydrogens is 308 g/mol. The fraction of sp³-hybridized carbons (Fsp3) is 1.00. The lowest BCUT2D eigenvalue weighted by molar-refractivity contribution is -0.145. The summed E-state index contributed by atoms with van der Waals surface area (Å²) in [7, 11) is 3.48. The summed E-state index contributed by atoms with van der Waals surface area (Å²) >= 11 is 3.82. The minimum atomic E-state index is -0.0678. The summed E-state index contributed by atoms with van der Waals surface area (Å²) < 4.78 is 17.2. The first-order chi connectivity index (χ1) is 9.21. The first-order valence-electron chi connectivity index (χ1n) is 7.56. The summed E-state index contributed by atoms with van der Waals surface area (Å²) in [6, 6.07) is 0. The van der Waals surface area contributed by atoms with E-state index in [4.69, 9.17) is 14.2 Å². The second-order valence-corrected chi connectivity index (χ2v) is 7.03. The van der Waals surface area contributed by atoms with E-state index in [1.165, 1.54) is 19.3 Å². The maximum absolute atomic E-state index is 6.26. The molecule has 0 amide bonds. The van der Waals surface area contributed by atoms with Crippen molar-refractivity contribution in [1.82, 2.24) is 0 Å². The van der Waals surface area contributed by atoms with Crippen LogP contribution in [-0.2, 0) is 14.2 Å². The van der Waals surface area contributed by atoms with Crippen LogP contribution in [0.25, 0.3) is 0 Å². The Kier molecular flexibility index (Phi) is 6.12. The summed E-state index contributed by atoms with van der Waals surface area (Å²) in [5.41, 5.74) is 0. The van der Waals surface area contributed by atoms with E-state index in [0.717, 1.165) is 19.3 Å². The Morgan fingerprint density at radius 3 is 2.63 bits per heavy atom. The molecule has 0 N–H and O–H groups in total. The Balaban J connectivity index is 1.89. The number of ether oxygens (including phenoxy) is 3. The monoisotopic (exact) mass is 334 g/mol. The SMILES string of the molecule is CCCCC(Br)C1CC2C(CCC2C(OC)OC)O1. The molecule has 0 aromatic heterocycles. The van der Waals surface area contributed by atoms with Gasteiger partial charge in [-0.15, -0.1) is 0 Å². The van der Waals surface area contributed by atoms with Crippen molar-refractivity contribution in [1.29, 1.82) is 0 Å². The summed E-state index contributed by atoms with van der Waals surface area (Å²) in [5, 5.41) is 0. The van der Waals surface area contributed by atoms with Crippen molar-refractivity contribution in [2.75, 3.05) is 14.2 Å². The summed E-state index contributed by atoms with van der Waals surface area (Å²) in [6.07, 6.45) is 7.93. The van der Waals surface area contributed by atoms with Gasteiger partial charge in [-0.05, 0) is 31.6 Å². The van der Waals surface area contributed by atoms with Gasteiger partial charge in [0, 0.05) is 25.0 Å². The topological polar surface area (TPSA) is 27.7 Å². The molecular formula is C15H27BrO3. The summed E-state index contributed by atoms with van der Waals surface area (Å²) in [5.74, 6) is 1.10. The second-order valence-electron chi connectivity index (χ2n) is 5.85. The molecule has 0 spiro atoms. The second kappa shape index (κ2) is 7.39. The van der Waals surface area contributed by atoms with Gasteiger partial charge in [-0.3, -0.25) is 0 Å². The van der Waals surface area contributed by atoms with Gasteiger partial charge in [0.25, 0.3) is 0 Å². The molecule has 0 aromatic carbocycles. The van der Waals surface area contributed by atoms with Gasteiger partial charge in [0.05, 0.1) is 12.2 Å². The molecule has 4 heteroatoms. The van der Waals surface area contributed by atoms with Crippen molar-refractivity contribution in [3.05, 3.63) is 0 Å². The van der Waals surface area contributed by atoms with Crippen LogP contribution >= 0.6 is 15.9 Å². The fourth-order valence-electron chi connectivity index (χ4n) is 3.71. The summed E-state index contributed by atoms with van der Waals surface area (Å²) in [4.78, 5) is 0.502. The third-order valence-corrected chi connectivity index (χ3v) is 5.76. The van der Waals surface area contributed by atoms with Gasteiger partial charge in [0.15, 0.2) is 6.29 Å². The zero-order chi connectivity index (χ0) is 13.8. The highest BCUT2D eigenvalue weighted by Crippen LogP contribution is 2.47. The fourth-order valence-corrected chi connectivity index (χ4v) is 4.37. The van der Waals surface area contributed by atoms with E-state index in [9.17, 15) is 0 Å². The molecule has 3 nitrogen and oxygen atoms in total. The molecule has 0 aromatic rings. The molecule has 1 heterocycles. The Bertz CT molecular complexity index is 270. The molecule has 0 bridgehead atoms. The highest BCUT2D eigenvalue weighted by atomic mass is 79.9. The average Bonchev–Trinajstić information content (AvgIpc) is 2.99. The van der Waals surface area contributed by atoms with Gasteiger partial charge in [0.1, 0.15) is 0 Å². The predicted octanol–water partition coefficient (Wildman–Crippen LogP) is 3.74. The van der Waals surface area contributed by atoms with Gasteiger partial charge in [-0.25, -0.2) is 0 Å². The van der Waals surface area contributed by atoms with E-state index in [0.29, 0.717) is 28.9 Å². The van der Waals surface area contributed by atoms with E-state index < -0.39 is 0 Å². The number of methoxy groups -OCH3 is 2. The van der Waals surface area contributed by atoms with Crippen LogP contribution in [0.3, 0.4) is 0 Å². The smallest absolute Gasteiger partial charge is 0.159 e. The quantitative estimate of drug-likeness (QED) is 0.524. The Morgan fingerprint density at radius 1 is 1.26 bits per heavy atom. The van der Waals surface area contributed by atoms with Crippen LogP contribution in [0.15, 0.2) is 0 Å². The Morgan fingerprint density at radius 2 is 2.00 bits per heavy atom. The number of halogens is 1. The van der Waals surface area contributed by atoms with E-state index in [2.05, 4.69) is 22.9 Å². The molecule has 5 atom stereocenters. The van der Waals surface area contributed by atoms with Gasteiger partial charge in [0.2, 0.25) is 0 Å². The lowest BCUT2D eigenvalue weighted by atomic mass is 9.90. The Labute approximate surface area is 125 Å². The minimum absolute atomic E-state index is 0.0678. The van der Waals surface area contributed by atoms with Crippen LogP contribution in [0, 0.1) is 11.8 Å². The van der Waals surface area contributed by atoms with E-state index in [-0.39, 0.29) is 6.29 Å². The molecule has 112 valence electrons. The predicted molar refractivity (Wildman–Crippen MR) is 79.5 cm³/mol. The number of hydrogen-bond acceptors (Lipinski definition) is 3. The first kappa shape index (κ1) is 15.7. The van der Waals surface area contributed by atoms with Crippen molar-refractivity contribution in [3.8, 4) is 0 Å². The lowest BCUT2D eigenvalue weighted by Crippen LogP contribution is -2.29. The van der Waals surface area contributed by atoms with Gasteiger partial charge < -0.3 is 14.2 Å². The van der Waals surface area contributed by atoms with Crippen molar-refractivity contribution < 1.29 is 14.2 Å². The molecule has 19 heavy (non-hydrogen) atoms. The molecule has 5 unspecified atom stereocenters. The summed E-state index contributed by atoms with van der Waals surface area (Å²) in [6.45, 7) is 2.24. The zero-order valence-electron chi connectivity index (χ0n) is 12.3. The Hall–Kier alpha value is 0.360. The number of hydrogen-bond donors (Lipinski definition) is 0. The van der Waals surface area contributed by atoms with Crippen LogP contribution in [0.4, 0.5) is 0 Å². The molecule has 1 aliphatic carbocycles. The van der Waals surface area contributed by atoms with Gasteiger partial charge in [-0.1, -0.05) is 35.7 Å². The molecule has 0 radical (unpaired) electrons. The van der Waals surface area contributed by atoms with Crippen molar-refractivity contribution >= 4 is 15.9 Å². The average molecular weight is 335 g/mol.